The van der Waals surface area contributed by atoms with E-state index in [1.165, 1.54) is 12.1 Å². The molecule has 23 heavy (non-hydrogen) atoms. The first-order chi connectivity index (χ1) is 11.0. The highest BCUT2D eigenvalue weighted by Crippen LogP contribution is 2.20. The minimum Gasteiger partial charge on any atom is -0.387 e. The molecule has 1 atom stereocenters. The van der Waals surface area contributed by atoms with E-state index in [0.717, 1.165) is 0 Å². The SMILES string of the molecule is N#Cc1ccc(NC(=O)NC[C@H](O)c2cccc(Cl)c2)cc1Cl. The van der Waals surface area contributed by atoms with Gasteiger partial charge in [-0.25, -0.2) is 4.79 Å². The molecule has 0 saturated carbocycles. The Morgan fingerprint density at radius 3 is 2.70 bits per heavy atom. The van der Waals surface area contributed by atoms with Gasteiger partial charge in [0.25, 0.3) is 0 Å². The van der Waals surface area contributed by atoms with E-state index in [-0.39, 0.29) is 11.6 Å². The maximum Gasteiger partial charge on any atom is 0.319 e. The predicted octanol–water partition coefficient (Wildman–Crippen LogP) is 3.72. The maximum atomic E-state index is 11.8. The lowest BCUT2D eigenvalue weighted by molar-refractivity contribution is 0.175. The van der Waals surface area contributed by atoms with Gasteiger partial charge in [0, 0.05) is 17.3 Å². The largest absolute Gasteiger partial charge is 0.387 e. The van der Waals surface area contributed by atoms with Crippen molar-refractivity contribution in [3.8, 4) is 6.07 Å². The Labute approximate surface area is 143 Å². The van der Waals surface area contributed by atoms with Gasteiger partial charge in [-0.1, -0.05) is 35.3 Å². The molecule has 0 unspecified atom stereocenters. The first-order valence-corrected chi connectivity index (χ1v) is 7.43. The highest BCUT2D eigenvalue weighted by Gasteiger charge is 2.10. The number of carbonyl (C=O) groups excluding carboxylic acids is 1. The molecule has 7 heteroatoms. The van der Waals surface area contributed by atoms with Crippen molar-refractivity contribution < 1.29 is 9.90 Å². The molecule has 3 N–H and O–H groups in total. The van der Waals surface area contributed by atoms with Gasteiger partial charge in [-0.2, -0.15) is 5.26 Å². The van der Waals surface area contributed by atoms with Crippen molar-refractivity contribution in [1.82, 2.24) is 5.32 Å². The fourth-order valence-corrected chi connectivity index (χ4v) is 2.30. The molecule has 0 fully saturated rings. The van der Waals surface area contributed by atoms with E-state index in [1.807, 2.05) is 6.07 Å². The molecule has 0 aliphatic heterocycles. The molecule has 5 nitrogen and oxygen atoms in total. The number of benzene rings is 2. The van der Waals surface area contributed by atoms with Crippen LogP contribution in [0.3, 0.4) is 0 Å². The van der Waals surface area contributed by atoms with Crippen LogP contribution in [-0.4, -0.2) is 17.7 Å². The summed E-state index contributed by atoms with van der Waals surface area (Å²) in [5, 5.41) is 24.7. The average Bonchev–Trinajstić information content (AvgIpc) is 2.53. The Balaban J connectivity index is 1.90. The van der Waals surface area contributed by atoms with Gasteiger partial charge in [0.15, 0.2) is 0 Å². The fourth-order valence-electron chi connectivity index (χ4n) is 1.88. The van der Waals surface area contributed by atoms with Crippen LogP contribution in [0.4, 0.5) is 10.5 Å². The summed E-state index contributed by atoms with van der Waals surface area (Å²) in [4.78, 5) is 11.8. The van der Waals surface area contributed by atoms with Gasteiger partial charge in [-0.15, -0.1) is 0 Å². The first-order valence-electron chi connectivity index (χ1n) is 6.67. The average molecular weight is 350 g/mol. The second-order valence-electron chi connectivity index (χ2n) is 4.71. The van der Waals surface area contributed by atoms with Gasteiger partial charge in [0.1, 0.15) is 6.07 Å². The Hall–Kier alpha value is -2.26. The van der Waals surface area contributed by atoms with E-state index < -0.39 is 12.1 Å². The van der Waals surface area contributed by atoms with Crippen molar-refractivity contribution >= 4 is 34.9 Å². The summed E-state index contributed by atoms with van der Waals surface area (Å²) in [5.74, 6) is 0. The van der Waals surface area contributed by atoms with Crippen molar-refractivity contribution in [2.75, 3.05) is 11.9 Å². The van der Waals surface area contributed by atoms with Crippen molar-refractivity contribution in [3.05, 3.63) is 63.6 Å². The number of urea groups is 1. The molecule has 0 radical (unpaired) electrons. The van der Waals surface area contributed by atoms with Crippen LogP contribution in [-0.2, 0) is 0 Å². The number of nitriles is 1. The van der Waals surface area contributed by atoms with Gasteiger partial charge in [0.05, 0.1) is 16.7 Å². The number of amides is 2. The summed E-state index contributed by atoms with van der Waals surface area (Å²) in [7, 11) is 0. The Morgan fingerprint density at radius 1 is 1.26 bits per heavy atom. The number of rotatable bonds is 4. The lowest BCUT2D eigenvalue weighted by Crippen LogP contribution is -2.32. The molecule has 2 amide bonds. The summed E-state index contributed by atoms with van der Waals surface area (Å²) in [6.45, 7) is 0.0240. The van der Waals surface area contributed by atoms with Crippen LogP contribution >= 0.6 is 23.2 Å². The Kier molecular flexibility index (Phi) is 5.83. The van der Waals surface area contributed by atoms with Crippen LogP contribution in [0.15, 0.2) is 42.5 Å². The van der Waals surface area contributed by atoms with E-state index in [9.17, 15) is 9.90 Å². The Morgan fingerprint density at radius 2 is 2.04 bits per heavy atom. The van der Waals surface area contributed by atoms with E-state index in [4.69, 9.17) is 28.5 Å². The second kappa shape index (κ2) is 7.84. The zero-order valence-electron chi connectivity index (χ0n) is 11.9. The lowest BCUT2D eigenvalue weighted by atomic mass is 10.1. The van der Waals surface area contributed by atoms with E-state index in [1.54, 1.807) is 30.3 Å². The molecule has 118 valence electrons. The summed E-state index contributed by atoms with van der Waals surface area (Å²) >= 11 is 11.7. The predicted molar refractivity (Wildman–Crippen MR) is 89.6 cm³/mol. The monoisotopic (exact) mass is 349 g/mol. The van der Waals surface area contributed by atoms with Crippen molar-refractivity contribution in [1.29, 1.82) is 5.26 Å². The third-order valence-electron chi connectivity index (χ3n) is 3.04. The molecule has 0 aliphatic rings. The first kappa shape index (κ1) is 17.1. The number of halogens is 2. The number of anilines is 1. The number of carbonyl (C=O) groups is 1. The molecule has 0 saturated heterocycles. The summed E-state index contributed by atoms with van der Waals surface area (Å²) < 4.78 is 0. The zero-order valence-corrected chi connectivity index (χ0v) is 13.4. The number of aliphatic hydroxyl groups is 1. The van der Waals surface area contributed by atoms with Crippen LogP contribution < -0.4 is 10.6 Å². The number of hydrogen-bond donors (Lipinski definition) is 3. The second-order valence-corrected chi connectivity index (χ2v) is 5.56. The topological polar surface area (TPSA) is 85.2 Å². The van der Waals surface area contributed by atoms with Gasteiger partial charge in [-0.05, 0) is 35.9 Å². The van der Waals surface area contributed by atoms with Crippen LogP contribution in [0.1, 0.15) is 17.2 Å². The molecule has 0 bridgehead atoms. The molecule has 0 heterocycles. The number of nitrogens with zero attached hydrogens (tertiary/aromatic N) is 1. The molecule has 2 aromatic carbocycles. The van der Waals surface area contributed by atoms with Crippen LogP contribution in [0.2, 0.25) is 10.0 Å². The third kappa shape index (κ3) is 4.86. The van der Waals surface area contributed by atoms with Gasteiger partial charge < -0.3 is 15.7 Å². The molecule has 2 aromatic rings. The zero-order chi connectivity index (χ0) is 16.8. The van der Waals surface area contributed by atoms with Gasteiger partial charge >= 0.3 is 6.03 Å². The summed E-state index contributed by atoms with van der Waals surface area (Å²) in [6.07, 6.45) is -0.871. The van der Waals surface area contributed by atoms with E-state index in [0.29, 0.717) is 21.8 Å². The van der Waals surface area contributed by atoms with Crippen molar-refractivity contribution in [2.45, 2.75) is 6.10 Å². The molecule has 2 rings (SSSR count). The lowest BCUT2D eigenvalue weighted by Gasteiger charge is -2.13. The van der Waals surface area contributed by atoms with Gasteiger partial charge in [0.2, 0.25) is 0 Å². The molecular weight excluding hydrogens is 337 g/mol. The smallest absolute Gasteiger partial charge is 0.319 e. The van der Waals surface area contributed by atoms with E-state index in [2.05, 4.69) is 10.6 Å². The van der Waals surface area contributed by atoms with Crippen molar-refractivity contribution in [2.24, 2.45) is 0 Å². The van der Waals surface area contributed by atoms with Crippen LogP contribution in [0, 0.1) is 11.3 Å². The molecule has 0 aliphatic carbocycles. The highest BCUT2D eigenvalue weighted by molar-refractivity contribution is 6.32. The molecular formula is C16H13Cl2N3O2. The van der Waals surface area contributed by atoms with Crippen LogP contribution in [0.25, 0.3) is 0 Å². The number of nitrogens with one attached hydrogen (secondary N) is 2. The molecule has 0 aromatic heterocycles. The maximum absolute atomic E-state index is 11.8. The quantitative estimate of drug-likeness (QED) is 0.786. The van der Waals surface area contributed by atoms with E-state index >= 15 is 0 Å². The number of hydrogen-bond acceptors (Lipinski definition) is 3. The standard InChI is InChI=1S/C16H13Cl2N3O2/c17-12-3-1-2-10(6-12)15(22)9-20-16(23)21-13-5-4-11(8-19)14(18)7-13/h1-7,15,22H,9H2,(H2,20,21,23)/t15-/m0/s1. The highest BCUT2D eigenvalue weighted by atomic mass is 35.5. The van der Waals surface area contributed by atoms with Crippen LogP contribution in [0.5, 0.6) is 0 Å². The number of aliphatic hydroxyl groups excluding tert-OH is 1. The molecule has 0 spiro atoms. The fraction of sp³-hybridized carbons (Fsp3) is 0.125. The summed E-state index contributed by atoms with van der Waals surface area (Å²) in [5.41, 5.74) is 1.39. The van der Waals surface area contributed by atoms with Crippen molar-refractivity contribution in [3.63, 3.8) is 0 Å². The third-order valence-corrected chi connectivity index (χ3v) is 3.58. The summed E-state index contributed by atoms with van der Waals surface area (Å²) in [6, 6.07) is 12.8. The minimum atomic E-state index is -0.871. The Bertz CT molecular complexity index is 759. The minimum absolute atomic E-state index is 0.0240. The normalized spacial score (nSPS) is 11.4. The van der Waals surface area contributed by atoms with Gasteiger partial charge in [-0.3, -0.25) is 0 Å².